The molecular formula is C16H21N5O2. The lowest BCUT2D eigenvalue weighted by atomic mass is 10.1. The Balaban J connectivity index is 1.74. The van der Waals surface area contributed by atoms with Crippen molar-refractivity contribution in [2.75, 3.05) is 7.05 Å². The summed E-state index contributed by atoms with van der Waals surface area (Å²) < 4.78 is 6.76. The minimum absolute atomic E-state index is 0.102. The van der Waals surface area contributed by atoms with E-state index in [1.165, 1.54) is 4.52 Å². The molecule has 0 saturated heterocycles. The summed E-state index contributed by atoms with van der Waals surface area (Å²) in [4.78, 5) is 18.7. The van der Waals surface area contributed by atoms with Crippen LogP contribution >= 0.6 is 0 Å². The topological polar surface area (TPSA) is 79.4 Å². The number of H-pyrrole nitrogens is 1. The Morgan fingerprint density at radius 1 is 1.26 bits per heavy atom. The van der Waals surface area contributed by atoms with Gasteiger partial charge in [0.25, 0.3) is 5.56 Å². The van der Waals surface area contributed by atoms with Crippen LogP contribution in [0.2, 0.25) is 0 Å². The van der Waals surface area contributed by atoms with Crippen molar-refractivity contribution < 1.29 is 4.52 Å². The first-order chi connectivity index (χ1) is 10.9. The molecule has 0 unspecified atom stereocenters. The molecule has 0 aliphatic carbocycles. The maximum Gasteiger partial charge on any atom is 0.272 e. The van der Waals surface area contributed by atoms with Gasteiger partial charge in [0, 0.05) is 42.9 Å². The maximum absolute atomic E-state index is 12.1. The lowest BCUT2D eigenvalue weighted by Crippen LogP contribution is -2.22. The summed E-state index contributed by atoms with van der Waals surface area (Å²) in [5, 5.41) is 7.05. The zero-order chi connectivity index (χ0) is 16.6. The van der Waals surface area contributed by atoms with Gasteiger partial charge in [0.05, 0.1) is 11.4 Å². The van der Waals surface area contributed by atoms with Crippen molar-refractivity contribution in [3.63, 3.8) is 0 Å². The Morgan fingerprint density at radius 2 is 2.00 bits per heavy atom. The standard InChI is InChI=1S/C16H21N5O2/c1-10(2)14-6-13(19-23-14)9-20(4)8-12-7-16(22)21-15(17-12)5-11(3)18-21/h5-7,10,18H,8-9H2,1-4H3. The van der Waals surface area contributed by atoms with Gasteiger partial charge in [-0.25, -0.2) is 9.50 Å². The van der Waals surface area contributed by atoms with Crippen LogP contribution in [0.15, 0.2) is 27.5 Å². The number of fused-ring (bicyclic) bond motifs is 1. The van der Waals surface area contributed by atoms with Gasteiger partial charge in [-0.2, -0.15) is 0 Å². The molecule has 0 aliphatic heterocycles. The molecule has 0 amide bonds. The predicted octanol–water partition coefficient (Wildman–Crippen LogP) is 2.07. The van der Waals surface area contributed by atoms with Crippen molar-refractivity contribution in [1.29, 1.82) is 0 Å². The minimum atomic E-state index is -0.102. The van der Waals surface area contributed by atoms with E-state index in [1.807, 2.05) is 26.1 Å². The molecule has 0 spiro atoms. The first-order valence-corrected chi connectivity index (χ1v) is 7.64. The summed E-state index contributed by atoms with van der Waals surface area (Å²) in [5.74, 6) is 1.21. The molecule has 7 nitrogen and oxygen atoms in total. The molecule has 1 N–H and O–H groups in total. The van der Waals surface area contributed by atoms with Gasteiger partial charge < -0.3 is 4.52 Å². The van der Waals surface area contributed by atoms with Crippen molar-refractivity contribution in [3.8, 4) is 0 Å². The SMILES string of the molecule is Cc1cc2nc(CN(C)Cc3cc(C(C)C)on3)cc(=O)n2[nH]1. The predicted molar refractivity (Wildman–Crippen MR) is 86.3 cm³/mol. The molecule has 3 rings (SSSR count). The quantitative estimate of drug-likeness (QED) is 0.780. The number of nitrogens with zero attached hydrogens (tertiary/aromatic N) is 4. The van der Waals surface area contributed by atoms with Crippen LogP contribution in [0.3, 0.4) is 0 Å². The van der Waals surface area contributed by atoms with Gasteiger partial charge in [-0.1, -0.05) is 19.0 Å². The fraction of sp³-hybridized carbons (Fsp3) is 0.438. The van der Waals surface area contributed by atoms with Crippen LogP contribution in [0.1, 0.15) is 42.6 Å². The van der Waals surface area contributed by atoms with E-state index in [0.717, 1.165) is 22.8 Å². The van der Waals surface area contributed by atoms with E-state index in [2.05, 4.69) is 34.0 Å². The summed E-state index contributed by atoms with van der Waals surface area (Å²) in [7, 11) is 1.97. The molecule has 0 aliphatic rings. The van der Waals surface area contributed by atoms with Gasteiger partial charge in [0.15, 0.2) is 5.65 Å². The fourth-order valence-electron chi connectivity index (χ4n) is 2.53. The Hall–Kier alpha value is -2.41. The highest BCUT2D eigenvalue weighted by Gasteiger charge is 2.11. The van der Waals surface area contributed by atoms with E-state index >= 15 is 0 Å². The van der Waals surface area contributed by atoms with E-state index in [0.29, 0.717) is 24.7 Å². The van der Waals surface area contributed by atoms with Crippen molar-refractivity contribution in [2.45, 2.75) is 39.8 Å². The number of aryl methyl sites for hydroxylation is 1. The molecule has 122 valence electrons. The molecule has 3 aromatic heterocycles. The summed E-state index contributed by atoms with van der Waals surface area (Å²) in [6.07, 6.45) is 0. The highest BCUT2D eigenvalue weighted by Crippen LogP contribution is 2.16. The van der Waals surface area contributed by atoms with E-state index in [4.69, 9.17) is 4.52 Å². The molecule has 0 saturated carbocycles. The highest BCUT2D eigenvalue weighted by atomic mass is 16.5. The molecular weight excluding hydrogens is 294 g/mol. The van der Waals surface area contributed by atoms with Gasteiger partial charge >= 0.3 is 0 Å². The summed E-state index contributed by atoms with van der Waals surface area (Å²) in [6.45, 7) is 7.25. The molecule has 7 heteroatoms. The Bertz CT molecular complexity index is 874. The number of hydrogen-bond acceptors (Lipinski definition) is 5. The van der Waals surface area contributed by atoms with Gasteiger partial charge in [-0.05, 0) is 14.0 Å². The second-order valence-corrected chi connectivity index (χ2v) is 6.27. The summed E-state index contributed by atoms with van der Waals surface area (Å²) >= 11 is 0. The molecule has 0 atom stereocenters. The average Bonchev–Trinajstić information content (AvgIpc) is 3.05. The lowest BCUT2D eigenvalue weighted by molar-refractivity contribution is 0.296. The first kappa shape index (κ1) is 15.5. The molecule has 3 aromatic rings. The maximum atomic E-state index is 12.1. The lowest BCUT2D eigenvalue weighted by Gasteiger charge is -2.14. The van der Waals surface area contributed by atoms with Crippen LogP contribution in [0.4, 0.5) is 0 Å². The monoisotopic (exact) mass is 315 g/mol. The normalized spacial score (nSPS) is 11.9. The third-order valence-electron chi connectivity index (χ3n) is 3.64. The Kier molecular flexibility index (Phi) is 4.04. The third-order valence-corrected chi connectivity index (χ3v) is 3.64. The fourth-order valence-corrected chi connectivity index (χ4v) is 2.53. The first-order valence-electron chi connectivity index (χ1n) is 7.64. The van der Waals surface area contributed by atoms with Crippen LogP contribution in [0.25, 0.3) is 5.65 Å². The number of aromatic nitrogens is 4. The van der Waals surface area contributed by atoms with Gasteiger partial charge in [0.1, 0.15) is 5.76 Å². The minimum Gasteiger partial charge on any atom is -0.361 e. The zero-order valence-corrected chi connectivity index (χ0v) is 13.8. The van der Waals surface area contributed by atoms with Crippen molar-refractivity contribution >= 4 is 5.65 Å². The van der Waals surface area contributed by atoms with Crippen LogP contribution in [-0.2, 0) is 13.1 Å². The molecule has 0 bridgehead atoms. The summed E-state index contributed by atoms with van der Waals surface area (Å²) in [6, 6.07) is 5.39. The van der Waals surface area contributed by atoms with Gasteiger partial charge in [-0.15, -0.1) is 0 Å². The van der Waals surface area contributed by atoms with Crippen molar-refractivity contribution in [3.05, 3.63) is 51.4 Å². The van der Waals surface area contributed by atoms with Crippen LogP contribution in [0, 0.1) is 6.92 Å². The molecule has 0 radical (unpaired) electrons. The second kappa shape index (κ2) is 6.00. The van der Waals surface area contributed by atoms with E-state index < -0.39 is 0 Å². The van der Waals surface area contributed by atoms with Crippen molar-refractivity contribution in [1.82, 2.24) is 24.7 Å². The Labute approximate surface area is 133 Å². The Morgan fingerprint density at radius 3 is 2.70 bits per heavy atom. The molecule has 23 heavy (non-hydrogen) atoms. The smallest absolute Gasteiger partial charge is 0.272 e. The molecule has 3 heterocycles. The number of aromatic amines is 1. The van der Waals surface area contributed by atoms with E-state index in [-0.39, 0.29) is 5.56 Å². The number of hydrogen-bond donors (Lipinski definition) is 1. The third kappa shape index (κ3) is 3.34. The number of nitrogens with one attached hydrogen (secondary N) is 1. The molecule has 0 aromatic carbocycles. The van der Waals surface area contributed by atoms with Crippen LogP contribution < -0.4 is 5.56 Å². The van der Waals surface area contributed by atoms with Crippen molar-refractivity contribution in [2.24, 2.45) is 0 Å². The largest absolute Gasteiger partial charge is 0.361 e. The van der Waals surface area contributed by atoms with E-state index in [1.54, 1.807) is 6.07 Å². The summed E-state index contributed by atoms with van der Waals surface area (Å²) in [5.41, 5.74) is 3.07. The highest BCUT2D eigenvalue weighted by molar-refractivity contribution is 5.39. The second-order valence-electron chi connectivity index (χ2n) is 6.27. The van der Waals surface area contributed by atoms with Gasteiger partial charge in [0.2, 0.25) is 0 Å². The van der Waals surface area contributed by atoms with Crippen LogP contribution in [-0.4, -0.2) is 31.7 Å². The zero-order valence-electron chi connectivity index (χ0n) is 13.8. The number of rotatable bonds is 5. The van der Waals surface area contributed by atoms with E-state index in [9.17, 15) is 4.79 Å². The van der Waals surface area contributed by atoms with Crippen LogP contribution in [0.5, 0.6) is 0 Å². The van der Waals surface area contributed by atoms with Gasteiger partial charge in [-0.3, -0.25) is 14.8 Å². The average molecular weight is 315 g/mol. The molecule has 0 fully saturated rings.